The molecule has 21 heavy (non-hydrogen) atoms. The minimum atomic E-state index is -0.268. The third-order valence-electron chi connectivity index (χ3n) is 3.25. The summed E-state index contributed by atoms with van der Waals surface area (Å²) in [5, 5.41) is 3.11. The maximum atomic E-state index is 12.4. The first-order valence-corrected chi connectivity index (χ1v) is 7.01. The van der Waals surface area contributed by atoms with Gasteiger partial charge in [-0.1, -0.05) is 24.3 Å². The van der Waals surface area contributed by atoms with Gasteiger partial charge in [0.15, 0.2) is 5.82 Å². The van der Waals surface area contributed by atoms with E-state index in [1.54, 1.807) is 17.0 Å². The second-order valence-corrected chi connectivity index (χ2v) is 6.00. The molecule has 1 aromatic heterocycles. The molecular weight excluding hydrogens is 264 g/mol. The highest BCUT2D eigenvalue weighted by atomic mass is 16.1. The van der Waals surface area contributed by atoms with Crippen molar-refractivity contribution < 1.29 is 0 Å². The Labute approximate surface area is 124 Å². The lowest BCUT2D eigenvalue weighted by molar-refractivity contribution is 0.383. The zero-order valence-electron chi connectivity index (χ0n) is 12.8. The summed E-state index contributed by atoms with van der Waals surface area (Å²) < 4.78 is 1.68. The van der Waals surface area contributed by atoms with Crippen molar-refractivity contribution in [2.24, 2.45) is 5.73 Å². The number of benzene rings is 1. The van der Waals surface area contributed by atoms with Crippen molar-refractivity contribution in [1.82, 2.24) is 9.55 Å². The van der Waals surface area contributed by atoms with Crippen LogP contribution < -0.4 is 16.6 Å². The van der Waals surface area contributed by atoms with Crippen LogP contribution in [-0.4, -0.2) is 9.55 Å². The predicted octanol–water partition coefficient (Wildman–Crippen LogP) is 2.07. The lowest BCUT2D eigenvalue weighted by atomic mass is 10.1. The van der Waals surface area contributed by atoms with Gasteiger partial charge < -0.3 is 15.6 Å². The first kappa shape index (κ1) is 15.3. The van der Waals surface area contributed by atoms with Gasteiger partial charge in [0.05, 0.1) is 0 Å². The van der Waals surface area contributed by atoms with Crippen LogP contribution in [0.5, 0.6) is 0 Å². The highest BCUT2D eigenvalue weighted by Crippen LogP contribution is 2.11. The Morgan fingerprint density at radius 1 is 1.29 bits per heavy atom. The molecule has 0 aliphatic carbocycles. The Balaban J connectivity index is 2.19. The standard InChI is InChI=1S/C16H22N4O/c1-16(2,3)20-8-7-18-14(15(20)21)19-11-13-6-4-5-12(9-13)10-17/h4-9H,10-11,17H2,1-3H3,(H,18,19). The number of nitrogens with two attached hydrogens (primary N) is 1. The molecule has 0 saturated carbocycles. The molecule has 2 rings (SSSR count). The first-order chi connectivity index (χ1) is 9.91. The van der Waals surface area contributed by atoms with E-state index in [4.69, 9.17) is 5.73 Å². The van der Waals surface area contributed by atoms with E-state index >= 15 is 0 Å². The van der Waals surface area contributed by atoms with E-state index in [9.17, 15) is 4.79 Å². The maximum absolute atomic E-state index is 12.4. The van der Waals surface area contributed by atoms with Crippen molar-refractivity contribution in [3.05, 3.63) is 58.1 Å². The van der Waals surface area contributed by atoms with Crippen LogP contribution in [0, 0.1) is 0 Å². The summed E-state index contributed by atoms with van der Waals surface area (Å²) in [5.41, 5.74) is 7.40. The summed E-state index contributed by atoms with van der Waals surface area (Å²) in [5.74, 6) is 0.366. The lowest BCUT2D eigenvalue weighted by Gasteiger charge is -2.22. The van der Waals surface area contributed by atoms with Crippen LogP contribution >= 0.6 is 0 Å². The van der Waals surface area contributed by atoms with E-state index in [0.29, 0.717) is 18.9 Å². The third kappa shape index (κ3) is 3.70. The van der Waals surface area contributed by atoms with Gasteiger partial charge in [-0.3, -0.25) is 4.79 Å². The Bertz CT molecular complexity index is 670. The number of aromatic nitrogens is 2. The van der Waals surface area contributed by atoms with Gasteiger partial charge >= 0.3 is 0 Å². The van der Waals surface area contributed by atoms with E-state index in [2.05, 4.69) is 10.3 Å². The molecule has 0 aliphatic rings. The SMILES string of the molecule is CC(C)(C)n1ccnc(NCc2cccc(CN)c2)c1=O. The number of nitrogens with zero attached hydrogens (tertiary/aromatic N) is 2. The average Bonchev–Trinajstić information content (AvgIpc) is 2.45. The van der Waals surface area contributed by atoms with E-state index in [1.165, 1.54) is 0 Å². The number of hydrogen-bond donors (Lipinski definition) is 2. The highest BCUT2D eigenvalue weighted by Gasteiger charge is 2.16. The second kappa shape index (κ2) is 6.10. The van der Waals surface area contributed by atoms with E-state index in [-0.39, 0.29) is 11.1 Å². The molecule has 0 bridgehead atoms. The number of rotatable bonds is 4. The zero-order chi connectivity index (χ0) is 15.5. The predicted molar refractivity (Wildman–Crippen MR) is 85.2 cm³/mol. The highest BCUT2D eigenvalue weighted by molar-refractivity contribution is 5.34. The molecule has 0 spiro atoms. The topological polar surface area (TPSA) is 72.9 Å². The van der Waals surface area contributed by atoms with Gasteiger partial charge in [0, 0.05) is 31.0 Å². The average molecular weight is 286 g/mol. The molecule has 3 N–H and O–H groups in total. The van der Waals surface area contributed by atoms with E-state index in [0.717, 1.165) is 11.1 Å². The molecule has 1 heterocycles. The second-order valence-electron chi connectivity index (χ2n) is 6.00. The molecule has 0 amide bonds. The molecule has 0 aliphatic heterocycles. The van der Waals surface area contributed by atoms with Crippen molar-refractivity contribution >= 4 is 5.82 Å². The molecule has 5 nitrogen and oxygen atoms in total. The summed E-state index contributed by atoms with van der Waals surface area (Å²) in [6.45, 7) is 7.02. The van der Waals surface area contributed by atoms with Gasteiger partial charge in [0.2, 0.25) is 0 Å². The van der Waals surface area contributed by atoms with Crippen molar-refractivity contribution in [1.29, 1.82) is 0 Å². The van der Waals surface area contributed by atoms with Gasteiger partial charge in [0.25, 0.3) is 5.56 Å². The Morgan fingerprint density at radius 3 is 2.67 bits per heavy atom. The maximum Gasteiger partial charge on any atom is 0.293 e. The van der Waals surface area contributed by atoms with Gasteiger partial charge in [0.1, 0.15) is 0 Å². The van der Waals surface area contributed by atoms with Crippen molar-refractivity contribution in [2.75, 3.05) is 5.32 Å². The van der Waals surface area contributed by atoms with E-state index < -0.39 is 0 Å². The van der Waals surface area contributed by atoms with Crippen molar-refractivity contribution in [2.45, 2.75) is 39.4 Å². The van der Waals surface area contributed by atoms with Crippen molar-refractivity contribution in [3.63, 3.8) is 0 Å². The minimum absolute atomic E-state index is 0.111. The minimum Gasteiger partial charge on any atom is -0.361 e. The molecule has 112 valence electrons. The smallest absolute Gasteiger partial charge is 0.293 e. The van der Waals surface area contributed by atoms with Crippen LogP contribution in [-0.2, 0) is 18.6 Å². The van der Waals surface area contributed by atoms with Crippen LogP contribution in [0.2, 0.25) is 0 Å². The molecule has 0 radical (unpaired) electrons. The summed E-state index contributed by atoms with van der Waals surface area (Å²) in [6.07, 6.45) is 3.36. The normalized spacial score (nSPS) is 11.4. The van der Waals surface area contributed by atoms with Gasteiger partial charge in [-0.2, -0.15) is 0 Å². The zero-order valence-corrected chi connectivity index (χ0v) is 12.8. The van der Waals surface area contributed by atoms with E-state index in [1.807, 2.05) is 45.0 Å². The Hall–Kier alpha value is -2.14. The largest absolute Gasteiger partial charge is 0.361 e. The summed E-state index contributed by atoms with van der Waals surface area (Å²) >= 11 is 0. The number of anilines is 1. The molecule has 0 fully saturated rings. The van der Waals surface area contributed by atoms with Crippen molar-refractivity contribution in [3.8, 4) is 0 Å². The van der Waals surface area contributed by atoms with Crippen LogP contribution in [0.25, 0.3) is 0 Å². The Kier molecular flexibility index (Phi) is 4.43. The summed E-state index contributed by atoms with van der Waals surface area (Å²) in [7, 11) is 0. The van der Waals surface area contributed by atoms with Gasteiger partial charge in [-0.15, -0.1) is 0 Å². The molecule has 0 saturated heterocycles. The van der Waals surface area contributed by atoms with Crippen LogP contribution in [0.15, 0.2) is 41.5 Å². The monoisotopic (exact) mass is 286 g/mol. The fraction of sp³-hybridized carbons (Fsp3) is 0.375. The molecule has 2 aromatic rings. The third-order valence-corrected chi connectivity index (χ3v) is 3.25. The van der Waals surface area contributed by atoms with Gasteiger partial charge in [-0.05, 0) is 31.9 Å². The number of nitrogens with one attached hydrogen (secondary N) is 1. The fourth-order valence-corrected chi connectivity index (χ4v) is 2.11. The fourth-order valence-electron chi connectivity index (χ4n) is 2.11. The lowest BCUT2D eigenvalue weighted by Crippen LogP contribution is -2.35. The summed E-state index contributed by atoms with van der Waals surface area (Å²) in [4.78, 5) is 16.5. The molecule has 0 unspecified atom stereocenters. The van der Waals surface area contributed by atoms with Crippen LogP contribution in [0.3, 0.4) is 0 Å². The first-order valence-electron chi connectivity index (χ1n) is 7.01. The molecule has 5 heteroatoms. The molecule has 0 atom stereocenters. The van der Waals surface area contributed by atoms with Crippen LogP contribution in [0.4, 0.5) is 5.82 Å². The van der Waals surface area contributed by atoms with Crippen LogP contribution in [0.1, 0.15) is 31.9 Å². The van der Waals surface area contributed by atoms with Gasteiger partial charge in [-0.25, -0.2) is 4.98 Å². The number of hydrogen-bond acceptors (Lipinski definition) is 4. The quantitative estimate of drug-likeness (QED) is 0.902. The summed E-state index contributed by atoms with van der Waals surface area (Å²) in [6, 6.07) is 7.97. The molecule has 1 aromatic carbocycles. The Morgan fingerprint density at radius 2 is 2.00 bits per heavy atom. The molecular formula is C16H22N4O.